The fourth-order valence-corrected chi connectivity index (χ4v) is 2.40. The van der Waals surface area contributed by atoms with Gasteiger partial charge in [-0.25, -0.2) is 15.2 Å². The monoisotopic (exact) mass is 344 g/mol. The van der Waals surface area contributed by atoms with Gasteiger partial charge in [0.2, 0.25) is 0 Å². The fraction of sp³-hybridized carbons (Fsp3) is 0.267. The maximum Gasteiger partial charge on any atom is 0.332 e. The van der Waals surface area contributed by atoms with Crippen molar-refractivity contribution in [3.63, 3.8) is 0 Å². The number of hydrogen-bond acceptors (Lipinski definition) is 6. The second kappa shape index (κ2) is 6.23. The summed E-state index contributed by atoms with van der Waals surface area (Å²) in [5, 5.41) is 3.80. The fourth-order valence-electron chi connectivity index (χ4n) is 2.40. The lowest BCUT2D eigenvalue weighted by Gasteiger charge is -2.05. The molecule has 0 saturated heterocycles. The first-order valence-corrected chi connectivity index (χ1v) is 7.37. The highest BCUT2D eigenvalue weighted by molar-refractivity contribution is 5.81. The number of aryl methyl sites for hydroxylation is 2. The SMILES string of the molecule is Cc1ccc(/C=N/NC(=O)Cn2cnc3c2c(=O)n(C)c(=O)n3C)o1. The number of furan rings is 1. The van der Waals surface area contributed by atoms with Crippen LogP contribution in [0.5, 0.6) is 0 Å². The number of fused-ring (bicyclic) bond motifs is 1. The third-order valence-corrected chi connectivity index (χ3v) is 3.67. The molecule has 0 saturated carbocycles. The predicted octanol–water partition coefficient (Wildman–Crippen LogP) is -0.515. The predicted molar refractivity (Wildman–Crippen MR) is 89.4 cm³/mol. The summed E-state index contributed by atoms with van der Waals surface area (Å²) < 4.78 is 8.88. The van der Waals surface area contributed by atoms with Crippen molar-refractivity contribution in [3.05, 3.63) is 50.8 Å². The highest BCUT2D eigenvalue weighted by atomic mass is 16.3. The summed E-state index contributed by atoms with van der Waals surface area (Å²) >= 11 is 0. The largest absolute Gasteiger partial charge is 0.460 e. The van der Waals surface area contributed by atoms with Crippen LogP contribution in [-0.4, -0.2) is 30.8 Å². The molecule has 0 aliphatic heterocycles. The topological polar surface area (TPSA) is 116 Å². The van der Waals surface area contributed by atoms with E-state index >= 15 is 0 Å². The smallest absolute Gasteiger partial charge is 0.332 e. The van der Waals surface area contributed by atoms with Gasteiger partial charge in [0.05, 0.1) is 12.5 Å². The van der Waals surface area contributed by atoms with E-state index in [9.17, 15) is 14.4 Å². The molecule has 25 heavy (non-hydrogen) atoms. The molecule has 0 bridgehead atoms. The van der Waals surface area contributed by atoms with E-state index in [1.807, 2.05) is 0 Å². The zero-order valence-electron chi connectivity index (χ0n) is 13.9. The third kappa shape index (κ3) is 3.01. The number of carbonyl (C=O) groups excluding carboxylic acids is 1. The Labute approximate surface area is 141 Å². The molecule has 130 valence electrons. The maximum atomic E-state index is 12.3. The van der Waals surface area contributed by atoms with Crippen LogP contribution >= 0.6 is 0 Å². The van der Waals surface area contributed by atoms with Gasteiger partial charge in [-0.05, 0) is 19.1 Å². The highest BCUT2D eigenvalue weighted by Gasteiger charge is 2.15. The van der Waals surface area contributed by atoms with Crippen molar-refractivity contribution in [3.8, 4) is 0 Å². The van der Waals surface area contributed by atoms with Crippen molar-refractivity contribution < 1.29 is 9.21 Å². The van der Waals surface area contributed by atoms with Crippen LogP contribution in [0.25, 0.3) is 11.2 Å². The van der Waals surface area contributed by atoms with Gasteiger partial charge in [-0.2, -0.15) is 5.10 Å². The Hall–Kier alpha value is -3.43. The first-order valence-electron chi connectivity index (χ1n) is 7.37. The molecule has 0 atom stereocenters. The maximum absolute atomic E-state index is 12.3. The zero-order chi connectivity index (χ0) is 18.1. The minimum absolute atomic E-state index is 0.168. The van der Waals surface area contributed by atoms with E-state index in [1.165, 1.54) is 35.8 Å². The number of carbonyl (C=O) groups is 1. The number of amides is 1. The van der Waals surface area contributed by atoms with E-state index in [2.05, 4.69) is 15.5 Å². The molecule has 3 aromatic rings. The Bertz CT molecular complexity index is 1100. The normalized spacial score (nSPS) is 11.5. The van der Waals surface area contributed by atoms with Crippen LogP contribution in [0.15, 0.2) is 37.6 Å². The van der Waals surface area contributed by atoms with E-state index in [0.29, 0.717) is 5.76 Å². The molecule has 0 radical (unpaired) electrons. The first kappa shape index (κ1) is 16.4. The summed E-state index contributed by atoms with van der Waals surface area (Å²) in [6, 6.07) is 3.50. The molecule has 3 aromatic heterocycles. The van der Waals surface area contributed by atoms with Gasteiger partial charge in [-0.1, -0.05) is 0 Å². The molecular weight excluding hydrogens is 328 g/mol. The van der Waals surface area contributed by atoms with Crippen molar-refractivity contribution in [1.29, 1.82) is 0 Å². The molecule has 1 N–H and O–H groups in total. The summed E-state index contributed by atoms with van der Waals surface area (Å²) in [5.74, 6) is 0.795. The summed E-state index contributed by atoms with van der Waals surface area (Å²) in [7, 11) is 2.88. The average Bonchev–Trinajstić information content (AvgIpc) is 3.17. The van der Waals surface area contributed by atoms with Crippen LogP contribution in [-0.2, 0) is 25.4 Å². The van der Waals surface area contributed by atoms with Gasteiger partial charge in [0.1, 0.15) is 18.1 Å². The number of nitrogens with zero attached hydrogens (tertiary/aromatic N) is 5. The minimum atomic E-state index is -0.516. The van der Waals surface area contributed by atoms with E-state index in [4.69, 9.17) is 4.42 Å². The molecular formula is C15H16N6O4. The number of rotatable bonds is 4. The van der Waals surface area contributed by atoms with Gasteiger partial charge in [-0.15, -0.1) is 0 Å². The van der Waals surface area contributed by atoms with E-state index in [0.717, 1.165) is 10.3 Å². The summed E-state index contributed by atoms with van der Waals surface area (Å²) in [4.78, 5) is 40.2. The molecule has 0 aliphatic rings. The van der Waals surface area contributed by atoms with Gasteiger partial charge in [0.15, 0.2) is 11.2 Å². The molecule has 0 unspecified atom stereocenters. The van der Waals surface area contributed by atoms with E-state index in [-0.39, 0.29) is 17.7 Å². The second-order valence-electron chi connectivity index (χ2n) is 5.49. The zero-order valence-corrected chi connectivity index (χ0v) is 13.9. The molecule has 0 aromatic carbocycles. The van der Waals surface area contributed by atoms with E-state index < -0.39 is 17.2 Å². The number of aromatic nitrogens is 4. The average molecular weight is 344 g/mol. The summed E-state index contributed by atoms with van der Waals surface area (Å²) in [6.45, 7) is 1.63. The van der Waals surface area contributed by atoms with E-state index in [1.54, 1.807) is 19.1 Å². The molecule has 1 amide bonds. The molecule has 0 fully saturated rings. The minimum Gasteiger partial charge on any atom is -0.460 e. The Balaban J connectivity index is 1.81. The van der Waals surface area contributed by atoms with Gasteiger partial charge >= 0.3 is 5.69 Å². The van der Waals surface area contributed by atoms with Crippen LogP contribution in [0.1, 0.15) is 11.5 Å². The Kier molecular flexibility index (Phi) is 4.09. The van der Waals surface area contributed by atoms with Crippen molar-refractivity contribution in [1.82, 2.24) is 24.1 Å². The number of hydrazone groups is 1. The number of imidazole rings is 1. The first-order chi connectivity index (χ1) is 11.9. The molecule has 10 nitrogen and oxygen atoms in total. The quantitative estimate of drug-likeness (QED) is 0.505. The number of hydrogen-bond donors (Lipinski definition) is 1. The highest BCUT2D eigenvalue weighted by Crippen LogP contribution is 2.05. The van der Waals surface area contributed by atoms with Crippen LogP contribution in [0, 0.1) is 6.92 Å². The second-order valence-corrected chi connectivity index (χ2v) is 5.49. The molecule has 0 spiro atoms. The molecule has 10 heteroatoms. The van der Waals surface area contributed by atoms with Crippen LogP contribution in [0.4, 0.5) is 0 Å². The molecule has 0 aliphatic carbocycles. The third-order valence-electron chi connectivity index (χ3n) is 3.67. The lowest BCUT2D eigenvalue weighted by molar-refractivity contribution is -0.121. The standard InChI is InChI=1S/C15H16N6O4/c1-9-4-5-10(25-9)6-17-18-11(22)7-21-8-16-13-12(21)14(23)20(3)15(24)19(13)2/h4-6,8H,7H2,1-3H3,(H,18,22)/b17-6+. The van der Waals surface area contributed by atoms with Crippen molar-refractivity contribution in [2.45, 2.75) is 13.5 Å². The van der Waals surface area contributed by atoms with Crippen LogP contribution in [0.3, 0.4) is 0 Å². The number of nitrogens with one attached hydrogen (secondary N) is 1. The summed E-state index contributed by atoms with van der Waals surface area (Å²) in [6.07, 6.45) is 2.71. The van der Waals surface area contributed by atoms with Gasteiger partial charge in [0.25, 0.3) is 11.5 Å². The van der Waals surface area contributed by atoms with Crippen molar-refractivity contribution >= 4 is 23.3 Å². The van der Waals surface area contributed by atoms with Gasteiger partial charge in [0, 0.05) is 14.1 Å². The van der Waals surface area contributed by atoms with Gasteiger partial charge in [-0.3, -0.25) is 18.7 Å². The van der Waals surface area contributed by atoms with Crippen molar-refractivity contribution in [2.75, 3.05) is 0 Å². The van der Waals surface area contributed by atoms with Crippen LogP contribution in [0.2, 0.25) is 0 Å². The Morgan fingerprint density at radius 3 is 2.76 bits per heavy atom. The summed E-state index contributed by atoms with van der Waals surface area (Å²) in [5.41, 5.74) is 1.74. The van der Waals surface area contributed by atoms with Crippen molar-refractivity contribution in [2.24, 2.45) is 19.2 Å². The van der Waals surface area contributed by atoms with Crippen LogP contribution < -0.4 is 16.7 Å². The Morgan fingerprint density at radius 2 is 2.08 bits per heavy atom. The molecule has 3 rings (SSSR count). The Morgan fingerprint density at radius 1 is 1.32 bits per heavy atom. The molecule has 3 heterocycles. The lowest BCUT2D eigenvalue weighted by Crippen LogP contribution is -2.38. The van der Waals surface area contributed by atoms with Gasteiger partial charge < -0.3 is 8.98 Å². The lowest BCUT2D eigenvalue weighted by atomic mass is 10.4.